The van der Waals surface area contributed by atoms with Crippen molar-refractivity contribution in [2.45, 2.75) is 50.5 Å². The van der Waals surface area contributed by atoms with Crippen LogP contribution in [0.15, 0.2) is 24.3 Å². The molecule has 1 aromatic carbocycles. The lowest BCUT2D eigenvalue weighted by Crippen LogP contribution is -2.52. The highest BCUT2D eigenvalue weighted by molar-refractivity contribution is 14.1. The van der Waals surface area contributed by atoms with Gasteiger partial charge in [-0.25, -0.2) is 0 Å². The van der Waals surface area contributed by atoms with Gasteiger partial charge in [0.2, 0.25) is 0 Å². The van der Waals surface area contributed by atoms with E-state index in [1.54, 1.807) is 0 Å². The summed E-state index contributed by atoms with van der Waals surface area (Å²) in [6, 6.07) is 8.40. The number of hydrogen-bond donors (Lipinski definition) is 0. The Kier molecular flexibility index (Phi) is 4.46. The molecule has 0 unspecified atom stereocenters. The van der Waals surface area contributed by atoms with E-state index in [0.29, 0.717) is 12.2 Å². The molecule has 0 N–H and O–H groups in total. The molecule has 0 amide bonds. The van der Waals surface area contributed by atoms with E-state index in [0.717, 1.165) is 25.9 Å². The fraction of sp³-hybridized carbons (Fsp3) is 0.588. The summed E-state index contributed by atoms with van der Waals surface area (Å²) in [5.74, 6) is 0.457. The van der Waals surface area contributed by atoms with E-state index in [2.05, 4.69) is 51.8 Å². The number of halogens is 1. The monoisotopic (exact) mass is 383 g/mol. The number of carbonyl (C=O) groups excluding carboxylic acids is 1. The summed E-state index contributed by atoms with van der Waals surface area (Å²) in [4.78, 5) is 15.5. The van der Waals surface area contributed by atoms with E-state index >= 15 is 0 Å². The van der Waals surface area contributed by atoms with Crippen molar-refractivity contribution in [1.82, 2.24) is 4.90 Å². The number of Topliss-reactive ketones (excluding diaryl/α,β-unsaturated/α-hetero) is 1. The second-order valence-corrected chi connectivity index (χ2v) is 7.40. The van der Waals surface area contributed by atoms with Gasteiger partial charge in [-0.05, 0) is 79.1 Å². The topological polar surface area (TPSA) is 20.3 Å². The van der Waals surface area contributed by atoms with Crippen molar-refractivity contribution in [3.05, 3.63) is 33.4 Å². The molecule has 0 atom stereocenters. The van der Waals surface area contributed by atoms with E-state index in [1.165, 1.54) is 34.8 Å². The summed E-state index contributed by atoms with van der Waals surface area (Å²) < 4.78 is 1.23. The minimum atomic E-state index is -0.125. The molecule has 1 saturated carbocycles. The van der Waals surface area contributed by atoms with Gasteiger partial charge in [-0.1, -0.05) is 25.0 Å². The lowest BCUT2D eigenvalue weighted by molar-refractivity contribution is -0.129. The van der Waals surface area contributed by atoms with Crippen LogP contribution in [0.2, 0.25) is 0 Å². The standard InChI is InChI=1S/C17H22INO/c18-15-7-5-14(6-8-15)13-16(20)17(9-1-2-10-17)19-11-3-4-12-19/h5-8H,1-4,9-13H2. The lowest BCUT2D eigenvalue weighted by Gasteiger charge is -2.37. The fourth-order valence-electron chi connectivity index (χ4n) is 3.83. The molecule has 0 spiro atoms. The molecule has 108 valence electrons. The van der Waals surface area contributed by atoms with Crippen molar-refractivity contribution in [1.29, 1.82) is 0 Å². The molecule has 0 radical (unpaired) electrons. The van der Waals surface area contributed by atoms with Crippen LogP contribution in [0.4, 0.5) is 0 Å². The minimum Gasteiger partial charge on any atom is -0.297 e. The highest BCUT2D eigenvalue weighted by Gasteiger charge is 2.45. The first-order chi connectivity index (χ1) is 9.71. The third-order valence-corrected chi connectivity index (χ3v) is 5.66. The van der Waals surface area contributed by atoms with Gasteiger partial charge in [0, 0.05) is 9.99 Å². The van der Waals surface area contributed by atoms with Gasteiger partial charge in [-0.15, -0.1) is 0 Å². The predicted octanol–water partition coefficient (Wildman–Crippen LogP) is 3.81. The van der Waals surface area contributed by atoms with Crippen molar-refractivity contribution in [2.75, 3.05) is 13.1 Å². The smallest absolute Gasteiger partial charge is 0.157 e. The zero-order chi connectivity index (χ0) is 14.0. The number of carbonyl (C=O) groups is 1. The molecule has 2 aliphatic rings. The van der Waals surface area contributed by atoms with Crippen LogP contribution >= 0.6 is 22.6 Å². The van der Waals surface area contributed by atoms with Crippen molar-refractivity contribution < 1.29 is 4.79 Å². The second kappa shape index (κ2) is 6.14. The summed E-state index contributed by atoms with van der Waals surface area (Å²) in [5, 5.41) is 0. The Hall–Kier alpha value is -0.420. The van der Waals surface area contributed by atoms with Gasteiger partial charge in [-0.2, -0.15) is 0 Å². The van der Waals surface area contributed by atoms with Crippen LogP contribution < -0.4 is 0 Å². The summed E-state index contributed by atoms with van der Waals surface area (Å²) in [5.41, 5.74) is 1.04. The molecule has 1 aromatic rings. The van der Waals surface area contributed by atoms with Crippen LogP contribution in [0.5, 0.6) is 0 Å². The van der Waals surface area contributed by atoms with Crippen LogP contribution in [0, 0.1) is 3.57 Å². The number of likely N-dealkylation sites (tertiary alicyclic amines) is 1. The Bertz CT molecular complexity index is 470. The largest absolute Gasteiger partial charge is 0.297 e. The van der Waals surface area contributed by atoms with E-state index in [9.17, 15) is 4.79 Å². The summed E-state index contributed by atoms with van der Waals surface area (Å²) >= 11 is 2.31. The summed E-state index contributed by atoms with van der Waals surface area (Å²) in [7, 11) is 0. The number of ketones is 1. The molecular weight excluding hydrogens is 361 g/mol. The second-order valence-electron chi connectivity index (χ2n) is 6.16. The SMILES string of the molecule is O=C(Cc1ccc(I)cc1)C1(N2CCCC2)CCCC1. The van der Waals surface area contributed by atoms with Crippen LogP contribution in [-0.2, 0) is 11.2 Å². The van der Waals surface area contributed by atoms with Gasteiger partial charge < -0.3 is 0 Å². The molecule has 0 aromatic heterocycles. The van der Waals surface area contributed by atoms with E-state index < -0.39 is 0 Å². The number of hydrogen-bond acceptors (Lipinski definition) is 2. The summed E-state index contributed by atoms with van der Waals surface area (Å²) in [6.07, 6.45) is 7.72. The average molecular weight is 383 g/mol. The molecule has 20 heavy (non-hydrogen) atoms. The maximum Gasteiger partial charge on any atom is 0.157 e. The Balaban J connectivity index is 1.77. The van der Waals surface area contributed by atoms with E-state index in [-0.39, 0.29) is 5.54 Å². The highest BCUT2D eigenvalue weighted by Crippen LogP contribution is 2.38. The van der Waals surface area contributed by atoms with Crippen LogP contribution in [-0.4, -0.2) is 29.3 Å². The zero-order valence-corrected chi connectivity index (χ0v) is 14.1. The Morgan fingerprint density at radius 1 is 1.05 bits per heavy atom. The van der Waals surface area contributed by atoms with Gasteiger partial charge >= 0.3 is 0 Å². The molecule has 1 aliphatic carbocycles. The van der Waals surface area contributed by atoms with Crippen LogP contribution in [0.1, 0.15) is 44.1 Å². The number of nitrogens with zero attached hydrogens (tertiary/aromatic N) is 1. The lowest BCUT2D eigenvalue weighted by atomic mass is 9.86. The average Bonchev–Trinajstić information content (AvgIpc) is 3.12. The van der Waals surface area contributed by atoms with Crippen molar-refractivity contribution in [3.63, 3.8) is 0 Å². The molecule has 1 aliphatic heterocycles. The quantitative estimate of drug-likeness (QED) is 0.737. The molecule has 3 rings (SSSR count). The van der Waals surface area contributed by atoms with E-state index in [1.807, 2.05) is 0 Å². The van der Waals surface area contributed by atoms with Gasteiger partial charge in [0.05, 0.1) is 5.54 Å². The van der Waals surface area contributed by atoms with Crippen molar-refractivity contribution in [3.8, 4) is 0 Å². The van der Waals surface area contributed by atoms with Gasteiger partial charge in [0.1, 0.15) is 0 Å². The van der Waals surface area contributed by atoms with Gasteiger partial charge in [0.25, 0.3) is 0 Å². The molecule has 1 heterocycles. The third-order valence-electron chi connectivity index (χ3n) is 4.94. The van der Waals surface area contributed by atoms with E-state index in [4.69, 9.17) is 0 Å². The Morgan fingerprint density at radius 3 is 2.25 bits per heavy atom. The van der Waals surface area contributed by atoms with Crippen LogP contribution in [0.25, 0.3) is 0 Å². The molecule has 0 bridgehead atoms. The maximum absolute atomic E-state index is 13.0. The molecule has 1 saturated heterocycles. The first-order valence-electron chi connectivity index (χ1n) is 7.73. The normalized spacial score (nSPS) is 22.2. The summed E-state index contributed by atoms with van der Waals surface area (Å²) in [6.45, 7) is 2.25. The highest BCUT2D eigenvalue weighted by atomic mass is 127. The first-order valence-corrected chi connectivity index (χ1v) is 8.81. The Labute approximate surface area is 135 Å². The molecule has 3 heteroatoms. The number of rotatable bonds is 4. The van der Waals surface area contributed by atoms with Crippen molar-refractivity contribution in [2.24, 2.45) is 0 Å². The predicted molar refractivity (Wildman–Crippen MR) is 89.9 cm³/mol. The van der Waals surface area contributed by atoms with Gasteiger partial charge in [-0.3, -0.25) is 9.69 Å². The third kappa shape index (κ3) is 2.80. The molecule has 2 fully saturated rings. The van der Waals surface area contributed by atoms with Crippen molar-refractivity contribution >= 4 is 28.4 Å². The molecular formula is C17H22INO. The first kappa shape index (κ1) is 14.5. The zero-order valence-electron chi connectivity index (χ0n) is 11.9. The van der Waals surface area contributed by atoms with Gasteiger partial charge in [0.15, 0.2) is 5.78 Å². The molecule has 2 nitrogen and oxygen atoms in total. The minimum absolute atomic E-state index is 0.125. The maximum atomic E-state index is 13.0. The number of benzene rings is 1. The Morgan fingerprint density at radius 2 is 1.65 bits per heavy atom. The van der Waals surface area contributed by atoms with Crippen LogP contribution in [0.3, 0.4) is 0 Å². The fourth-order valence-corrected chi connectivity index (χ4v) is 4.19.